The van der Waals surface area contributed by atoms with E-state index in [1.165, 1.54) is 10.8 Å². The van der Waals surface area contributed by atoms with Gasteiger partial charge in [-0.05, 0) is 15.5 Å². The molecular formula is C12H10N4O3. The van der Waals surface area contributed by atoms with Gasteiger partial charge in [-0.1, -0.05) is 30.3 Å². The van der Waals surface area contributed by atoms with Crippen molar-refractivity contribution in [1.82, 2.24) is 14.5 Å². The number of hydrogen-bond acceptors (Lipinski definition) is 4. The van der Waals surface area contributed by atoms with Crippen LogP contribution in [0.2, 0.25) is 0 Å². The second-order valence-corrected chi connectivity index (χ2v) is 4.28. The van der Waals surface area contributed by atoms with Gasteiger partial charge in [0.2, 0.25) is 0 Å². The Kier molecular flexibility index (Phi) is 2.52. The lowest BCUT2D eigenvalue weighted by atomic mass is 10.2. The van der Waals surface area contributed by atoms with Gasteiger partial charge in [0.05, 0.1) is 0 Å². The molecule has 0 spiro atoms. The molecule has 96 valence electrons. The summed E-state index contributed by atoms with van der Waals surface area (Å²) in [5.74, 6) is -0.442. The van der Waals surface area contributed by atoms with E-state index in [1.807, 2.05) is 30.3 Å². The molecule has 0 unspecified atom stereocenters. The highest BCUT2D eigenvalue weighted by atomic mass is 16.6. The average Bonchev–Trinajstić information content (AvgIpc) is 2.92. The second-order valence-electron chi connectivity index (χ2n) is 4.28. The summed E-state index contributed by atoms with van der Waals surface area (Å²) >= 11 is 0. The van der Waals surface area contributed by atoms with E-state index < -0.39 is 4.92 Å². The van der Waals surface area contributed by atoms with Crippen molar-refractivity contribution in [2.45, 2.75) is 13.2 Å². The number of aromatic nitrogens is 2. The summed E-state index contributed by atoms with van der Waals surface area (Å²) in [6, 6.07) is 9.57. The molecule has 2 aromatic rings. The monoisotopic (exact) mass is 258 g/mol. The zero-order valence-electron chi connectivity index (χ0n) is 9.89. The van der Waals surface area contributed by atoms with Crippen molar-refractivity contribution in [3.63, 3.8) is 0 Å². The first-order valence-corrected chi connectivity index (χ1v) is 5.70. The molecule has 0 radical (unpaired) electrons. The molecule has 0 atom stereocenters. The molecule has 7 heteroatoms. The van der Waals surface area contributed by atoms with E-state index in [9.17, 15) is 14.9 Å². The zero-order chi connectivity index (χ0) is 13.4. The van der Waals surface area contributed by atoms with Gasteiger partial charge in [0.1, 0.15) is 12.9 Å². The smallest absolute Gasteiger partial charge is 0.358 e. The Balaban J connectivity index is 1.80. The van der Waals surface area contributed by atoms with Gasteiger partial charge < -0.3 is 15.0 Å². The van der Waals surface area contributed by atoms with E-state index in [-0.39, 0.29) is 17.5 Å². The molecule has 0 saturated carbocycles. The predicted molar refractivity (Wildman–Crippen MR) is 65.2 cm³/mol. The van der Waals surface area contributed by atoms with E-state index in [1.54, 1.807) is 4.90 Å². The SMILES string of the molecule is O=C1c2nc([N+](=O)[O-])cn2CN1Cc1ccccc1. The molecule has 0 N–H and O–H groups in total. The second kappa shape index (κ2) is 4.20. The number of nitro groups is 1. The number of carbonyl (C=O) groups is 1. The van der Waals surface area contributed by atoms with Crippen LogP contribution in [0.25, 0.3) is 0 Å². The number of nitrogens with zero attached hydrogens (tertiary/aromatic N) is 4. The Morgan fingerprint density at radius 2 is 2.05 bits per heavy atom. The van der Waals surface area contributed by atoms with Gasteiger partial charge in [0, 0.05) is 6.54 Å². The van der Waals surface area contributed by atoms with Crippen molar-refractivity contribution in [2.75, 3.05) is 0 Å². The van der Waals surface area contributed by atoms with Crippen LogP contribution in [-0.2, 0) is 13.2 Å². The fourth-order valence-corrected chi connectivity index (χ4v) is 2.08. The van der Waals surface area contributed by atoms with Crippen molar-refractivity contribution in [3.8, 4) is 0 Å². The van der Waals surface area contributed by atoms with Crippen molar-refractivity contribution in [3.05, 3.63) is 58.0 Å². The van der Waals surface area contributed by atoms with Crippen LogP contribution in [-0.4, -0.2) is 25.3 Å². The highest BCUT2D eigenvalue weighted by molar-refractivity contribution is 5.92. The van der Waals surface area contributed by atoms with Gasteiger partial charge in [-0.25, -0.2) is 0 Å². The summed E-state index contributed by atoms with van der Waals surface area (Å²) in [6.45, 7) is 0.765. The molecule has 0 bridgehead atoms. The molecule has 0 saturated heterocycles. The van der Waals surface area contributed by atoms with Crippen LogP contribution in [0.4, 0.5) is 5.82 Å². The summed E-state index contributed by atoms with van der Waals surface area (Å²) in [7, 11) is 0. The molecular weight excluding hydrogens is 248 g/mol. The van der Waals surface area contributed by atoms with Crippen molar-refractivity contribution in [2.24, 2.45) is 0 Å². The molecule has 1 aliphatic heterocycles. The maximum absolute atomic E-state index is 12.1. The third kappa shape index (κ3) is 1.95. The van der Waals surface area contributed by atoms with Crippen molar-refractivity contribution < 1.29 is 9.72 Å². The van der Waals surface area contributed by atoms with Gasteiger partial charge in [-0.15, -0.1) is 0 Å². The van der Waals surface area contributed by atoms with E-state index in [0.29, 0.717) is 13.2 Å². The molecule has 1 aliphatic rings. The lowest BCUT2D eigenvalue weighted by Crippen LogP contribution is -2.24. The summed E-state index contributed by atoms with van der Waals surface area (Å²) < 4.78 is 1.50. The average molecular weight is 258 g/mol. The van der Waals surface area contributed by atoms with Crippen LogP contribution in [0.5, 0.6) is 0 Å². The first-order valence-electron chi connectivity index (χ1n) is 5.70. The molecule has 2 heterocycles. The molecule has 7 nitrogen and oxygen atoms in total. The molecule has 0 fully saturated rings. The Hall–Kier alpha value is -2.70. The molecule has 1 aromatic carbocycles. The predicted octanol–water partition coefficient (Wildman–Crippen LogP) is 1.40. The van der Waals surface area contributed by atoms with Gasteiger partial charge in [-0.2, -0.15) is 0 Å². The highest BCUT2D eigenvalue weighted by Crippen LogP contribution is 2.21. The van der Waals surface area contributed by atoms with Crippen molar-refractivity contribution >= 4 is 11.7 Å². The van der Waals surface area contributed by atoms with Crippen LogP contribution in [0.1, 0.15) is 16.2 Å². The van der Waals surface area contributed by atoms with E-state index in [2.05, 4.69) is 4.98 Å². The van der Waals surface area contributed by atoms with Crippen LogP contribution in [0.15, 0.2) is 36.5 Å². The Morgan fingerprint density at radius 3 is 2.68 bits per heavy atom. The van der Waals surface area contributed by atoms with Crippen molar-refractivity contribution in [1.29, 1.82) is 0 Å². The first kappa shape index (κ1) is 11.4. The fraction of sp³-hybridized carbons (Fsp3) is 0.167. The third-order valence-corrected chi connectivity index (χ3v) is 2.97. The molecule has 1 amide bonds. The number of amides is 1. The maximum Gasteiger partial charge on any atom is 0.382 e. The number of hydrogen-bond donors (Lipinski definition) is 0. The lowest BCUT2D eigenvalue weighted by Gasteiger charge is -2.14. The molecule has 0 aliphatic carbocycles. The molecule has 1 aromatic heterocycles. The maximum atomic E-state index is 12.1. The number of rotatable bonds is 3. The normalized spacial score (nSPS) is 13.7. The van der Waals surface area contributed by atoms with Crippen LogP contribution < -0.4 is 0 Å². The Bertz CT molecular complexity index is 650. The number of benzene rings is 1. The minimum absolute atomic E-state index is 0.127. The van der Waals surface area contributed by atoms with Gasteiger partial charge in [0.15, 0.2) is 0 Å². The molecule has 3 rings (SSSR count). The number of imidazole rings is 1. The Morgan fingerprint density at radius 1 is 1.32 bits per heavy atom. The summed E-state index contributed by atoms with van der Waals surface area (Å²) in [5.41, 5.74) is 1.01. The van der Waals surface area contributed by atoms with Gasteiger partial charge in [-0.3, -0.25) is 9.36 Å². The van der Waals surface area contributed by atoms with Gasteiger partial charge >= 0.3 is 17.5 Å². The summed E-state index contributed by atoms with van der Waals surface area (Å²) in [5, 5.41) is 10.6. The quantitative estimate of drug-likeness (QED) is 0.615. The lowest BCUT2D eigenvalue weighted by molar-refractivity contribution is -0.389. The minimum Gasteiger partial charge on any atom is -0.358 e. The summed E-state index contributed by atoms with van der Waals surface area (Å²) in [4.78, 5) is 27.4. The highest BCUT2D eigenvalue weighted by Gasteiger charge is 2.35. The van der Waals surface area contributed by atoms with E-state index in [4.69, 9.17) is 0 Å². The first-order chi connectivity index (χ1) is 9.15. The third-order valence-electron chi connectivity index (χ3n) is 2.97. The fourth-order valence-electron chi connectivity index (χ4n) is 2.08. The topological polar surface area (TPSA) is 81.3 Å². The Labute approximate surface area is 108 Å². The summed E-state index contributed by atoms with van der Waals surface area (Å²) in [6.07, 6.45) is 1.29. The minimum atomic E-state index is -0.597. The van der Waals surface area contributed by atoms with Gasteiger partial charge in [0.25, 0.3) is 0 Å². The van der Waals surface area contributed by atoms with Crippen LogP contribution >= 0.6 is 0 Å². The number of fused-ring (bicyclic) bond motifs is 1. The molecule has 19 heavy (non-hydrogen) atoms. The largest absolute Gasteiger partial charge is 0.382 e. The van der Waals surface area contributed by atoms with E-state index >= 15 is 0 Å². The van der Waals surface area contributed by atoms with Crippen LogP contribution in [0.3, 0.4) is 0 Å². The zero-order valence-corrected chi connectivity index (χ0v) is 9.89. The van der Waals surface area contributed by atoms with Crippen LogP contribution in [0, 0.1) is 10.1 Å². The number of carbonyl (C=O) groups excluding carboxylic acids is 1. The standard InChI is InChI=1S/C12H10N4O3/c17-12-11-13-10(16(18)19)7-14(11)8-15(12)6-9-4-2-1-3-5-9/h1-5,7H,6,8H2. The van der Waals surface area contributed by atoms with E-state index in [0.717, 1.165) is 5.56 Å².